The van der Waals surface area contributed by atoms with Gasteiger partial charge in [-0.15, -0.1) is 0 Å². The molecule has 0 radical (unpaired) electrons. The number of hydrogen-bond acceptors (Lipinski definition) is 4. The third-order valence-corrected chi connectivity index (χ3v) is 4.00. The minimum Gasteiger partial charge on any atom is -0.504 e. The molecule has 0 aliphatic carbocycles. The fourth-order valence-electron chi connectivity index (χ4n) is 2.92. The van der Waals surface area contributed by atoms with Gasteiger partial charge in [-0.25, -0.2) is 9.50 Å². The largest absolute Gasteiger partial charge is 0.504 e. The summed E-state index contributed by atoms with van der Waals surface area (Å²) in [4.78, 5) is 4.58. The van der Waals surface area contributed by atoms with E-state index in [1.165, 1.54) is 0 Å². The van der Waals surface area contributed by atoms with Crippen molar-refractivity contribution in [1.29, 1.82) is 0 Å². The number of rotatable bonds is 4. The van der Waals surface area contributed by atoms with Crippen LogP contribution in [0.25, 0.3) is 28.2 Å². The summed E-state index contributed by atoms with van der Waals surface area (Å²) in [5, 5.41) is 15.4. The fraction of sp³-hybridized carbons (Fsp3) is 0.100. The molecule has 0 bridgehead atoms. The molecule has 2 aromatic heterocycles. The Bertz CT molecular complexity index is 1030. The molecule has 0 saturated carbocycles. The van der Waals surface area contributed by atoms with E-state index in [9.17, 15) is 5.11 Å². The van der Waals surface area contributed by atoms with E-state index >= 15 is 0 Å². The van der Waals surface area contributed by atoms with Crippen molar-refractivity contribution in [2.45, 2.75) is 6.92 Å². The Morgan fingerprint density at radius 1 is 1.00 bits per heavy atom. The van der Waals surface area contributed by atoms with Crippen LogP contribution in [-0.2, 0) is 0 Å². The lowest BCUT2D eigenvalue weighted by Crippen LogP contribution is -2.02. The van der Waals surface area contributed by atoms with Gasteiger partial charge in [-0.1, -0.05) is 42.5 Å². The maximum Gasteiger partial charge on any atom is 0.168 e. The molecule has 0 aliphatic rings. The van der Waals surface area contributed by atoms with Crippen LogP contribution in [0.2, 0.25) is 0 Å². The van der Waals surface area contributed by atoms with Gasteiger partial charge in [0, 0.05) is 17.2 Å². The lowest BCUT2D eigenvalue weighted by atomic mass is 10.1. The topological polar surface area (TPSA) is 59.7 Å². The smallest absolute Gasteiger partial charge is 0.168 e. The first-order chi connectivity index (χ1) is 12.3. The summed E-state index contributed by atoms with van der Waals surface area (Å²) in [6, 6.07) is 19.1. The summed E-state index contributed by atoms with van der Waals surface area (Å²) >= 11 is 0. The zero-order valence-electron chi connectivity index (χ0n) is 13.8. The number of fused-ring (bicyclic) bond motifs is 1. The number of nitrogens with zero attached hydrogens (tertiary/aromatic N) is 3. The highest BCUT2D eigenvalue weighted by Gasteiger charge is 2.20. The molecule has 2 aromatic carbocycles. The van der Waals surface area contributed by atoms with Gasteiger partial charge in [0.05, 0.1) is 12.8 Å². The Hall–Kier alpha value is -3.34. The predicted molar refractivity (Wildman–Crippen MR) is 96.7 cm³/mol. The van der Waals surface area contributed by atoms with E-state index in [1.54, 1.807) is 10.7 Å². The lowest BCUT2D eigenvalue weighted by molar-refractivity contribution is 0.341. The first-order valence-corrected chi connectivity index (χ1v) is 8.14. The zero-order chi connectivity index (χ0) is 17.2. The second-order valence-electron chi connectivity index (χ2n) is 5.55. The van der Waals surface area contributed by atoms with E-state index in [1.807, 2.05) is 67.6 Å². The molecule has 4 rings (SSSR count). The lowest BCUT2D eigenvalue weighted by Gasteiger charge is -2.15. The van der Waals surface area contributed by atoms with Crippen LogP contribution in [0.15, 0.2) is 66.9 Å². The van der Waals surface area contributed by atoms with Gasteiger partial charge in [-0.2, -0.15) is 5.10 Å². The van der Waals surface area contributed by atoms with E-state index in [0.29, 0.717) is 29.4 Å². The van der Waals surface area contributed by atoms with Crippen molar-refractivity contribution in [3.8, 4) is 34.0 Å². The standard InChI is InChI=1S/C20H17N3O2/c1-2-25-16-11-7-6-10-15(16)19-20(24)18(14-8-4-3-5-9-14)22-17-12-13-21-23(17)19/h3-13,24H,2H2,1H3. The van der Waals surface area contributed by atoms with Crippen molar-refractivity contribution in [3.05, 3.63) is 66.9 Å². The van der Waals surface area contributed by atoms with Crippen LogP contribution in [0.3, 0.4) is 0 Å². The van der Waals surface area contributed by atoms with Gasteiger partial charge >= 0.3 is 0 Å². The number of para-hydroxylation sites is 1. The third-order valence-electron chi connectivity index (χ3n) is 4.00. The van der Waals surface area contributed by atoms with Crippen LogP contribution in [0.5, 0.6) is 11.5 Å². The van der Waals surface area contributed by atoms with Crippen LogP contribution in [-0.4, -0.2) is 26.3 Å². The van der Waals surface area contributed by atoms with Crippen LogP contribution < -0.4 is 4.74 Å². The molecular weight excluding hydrogens is 314 g/mol. The molecule has 4 aromatic rings. The number of ether oxygens (including phenoxy) is 1. The number of aromatic nitrogens is 3. The predicted octanol–water partition coefficient (Wildman–Crippen LogP) is 4.17. The van der Waals surface area contributed by atoms with Crippen molar-refractivity contribution in [2.75, 3.05) is 6.61 Å². The maximum absolute atomic E-state index is 11.0. The van der Waals surface area contributed by atoms with Crippen molar-refractivity contribution >= 4 is 5.65 Å². The molecule has 2 heterocycles. The molecule has 0 fully saturated rings. The Balaban J connectivity index is 2.04. The molecule has 0 unspecified atom stereocenters. The number of benzene rings is 2. The molecule has 1 N–H and O–H groups in total. The first kappa shape index (κ1) is 15.2. The summed E-state index contributed by atoms with van der Waals surface area (Å²) in [6.45, 7) is 2.47. The molecule has 0 saturated heterocycles. The van der Waals surface area contributed by atoms with Crippen molar-refractivity contribution < 1.29 is 9.84 Å². The second-order valence-corrected chi connectivity index (χ2v) is 5.55. The molecule has 124 valence electrons. The van der Waals surface area contributed by atoms with Gasteiger partial charge in [-0.3, -0.25) is 0 Å². The molecule has 0 amide bonds. The van der Waals surface area contributed by atoms with Gasteiger partial charge in [0.15, 0.2) is 11.4 Å². The van der Waals surface area contributed by atoms with Crippen molar-refractivity contribution in [1.82, 2.24) is 14.6 Å². The second kappa shape index (κ2) is 6.28. The minimum absolute atomic E-state index is 0.0783. The van der Waals surface area contributed by atoms with Gasteiger partial charge in [0.25, 0.3) is 0 Å². The molecule has 0 atom stereocenters. The average molecular weight is 331 g/mol. The van der Waals surface area contributed by atoms with Crippen LogP contribution in [0.4, 0.5) is 0 Å². The Morgan fingerprint density at radius 2 is 1.76 bits per heavy atom. The minimum atomic E-state index is 0.0783. The highest BCUT2D eigenvalue weighted by Crippen LogP contribution is 2.40. The normalized spacial score (nSPS) is 10.9. The molecule has 0 aliphatic heterocycles. The maximum atomic E-state index is 11.0. The highest BCUT2D eigenvalue weighted by atomic mass is 16.5. The fourth-order valence-corrected chi connectivity index (χ4v) is 2.92. The monoisotopic (exact) mass is 331 g/mol. The zero-order valence-corrected chi connectivity index (χ0v) is 13.8. The van der Waals surface area contributed by atoms with E-state index < -0.39 is 0 Å². The summed E-state index contributed by atoms with van der Waals surface area (Å²) in [6.07, 6.45) is 1.67. The Labute approximate surface area is 145 Å². The van der Waals surface area contributed by atoms with Crippen molar-refractivity contribution in [2.24, 2.45) is 0 Å². The van der Waals surface area contributed by atoms with Crippen molar-refractivity contribution in [3.63, 3.8) is 0 Å². The Morgan fingerprint density at radius 3 is 2.56 bits per heavy atom. The van der Waals surface area contributed by atoms with Gasteiger partial charge in [0.1, 0.15) is 17.1 Å². The van der Waals surface area contributed by atoms with Crippen LogP contribution >= 0.6 is 0 Å². The number of aromatic hydroxyl groups is 1. The van der Waals surface area contributed by atoms with Crippen LogP contribution in [0, 0.1) is 0 Å². The van der Waals surface area contributed by atoms with E-state index in [-0.39, 0.29) is 5.75 Å². The molecule has 25 heavy (non-hydrogen) atoms. The SMILES string of the molecule is CCOc1ccccc1-c1c(O)c(-c2ccccc2)nc2ccnn12. The quantitative estimate of drug-likeness (QED) is 0.610. The van der Waals surface area contributed by atoms with Gasteiger partial charge < -0.3 is 9.84 Å². The summed E-state index contributed by atoms with van der Waals surface area (Å²) in [7, 11) is 0. The van der Waals surface area contributed by atoms with Crippen LogP contribution in [0.1, 0.15) is 6.92 Å². The molecule has 5 nitrogen and oxygen atoms in total. The first-order valence-electron chi connectivity index (χ1n) is 8.14. The summed E-state index contributed by atoms with van der Waals surface area (Å²) in [5.74, 6) is 0.775. The summed E-state index contributed by atoms with van der Waals surface area (Å²) in [5.41, 5.74) is 3.37. The third kappa shape index (κ3) is 2.59. The van der Waals surface area contributed by atoms with Gasteiger partial charge in [0.2, 0.25) is 0 Å². The van der Waals surface area contributed by atoms with E-state index in [2.05, 4.69) is 10.1 Å². The van der Waals surface area contributed by atoms with Gasteiger partial charge in [-0.05, 0) is 19.1 Å². The average Bonchev–Trinajstić information content (AvgIpc) is 3.11. The molecular formula is C20H17N3O2. The van der Waals surface area contributed by atoms with E-state index in [4.69, 9.17) is 4.74 Å². The van der Waals surface area contributed by atoms with E-state index in [0.717, 1.165) is 11.1 Å². The molecule has 0 spiro atoms. The molecule has 5 heteroatoms. The highest BCUT2D eigenvalue weighted by molar-refractivity contribution is 5.82. The summed E-state index contributed by atoms with van der Waals surface area (Å²) < 4.78 is 7.38. The number of hydrogen-bond donors (Lipinski definition) is 1. The Kier molecular flexibility index (Phi) is 3.82.